The minimum atomic E-state index is -0.283. The summed E-state index contributed by atoms with van der Waals surface area (Å²) < 4.78 is 0. The van der Waals surface area contributed by atoms with Gasteiger partial charge in [0.15, 0.2) is 0 Å². The molecule has 1 heterocycles. The molecule has 0 spiro atoms. The van der Waals surface area contributed by atoms with E-state index in [-0.39, 0.29) is 30.8 Å². The van der Waals surface area contributed by atoms with E-state index >= 15 is 0 Å². The predicted molar refractivity (Wildman–Crippen MR) is 116 cm³/mol. The van der Waals surface area contributed by atoms with Crippen LogP contribution in [-0.2, 0) is 6.54 Å². The number of allylic oxidation sites excluding steroid dienone is 1. The zero-order chi connectivity index (χ0) is 21.8. The van der Waals surface area contributed by atoms with E-state index in [4.69, 9.17) is 0 Å². The zero-order valence-corrected chi connectivity index (χ0v) is 17.1. The first-order valence-electron chi connectivity index (χ1n) is 10.4. The van der Waals surface area contributed by atoms with Crippen LogP contribution in [0, 0.1) is 28.6 Å². The summed E-state index contributed by atoms with van der Waals surface area (Å²) >= 11 is 0. The Balaban J connectivity index is 1.52. The van der Waals surface area contributed by atoms with E-state index < -0.39 is 0 Å². The smallest absolute Gasteiger partial charge is 0.261 e. The molecule has 0 aromatic heterocycles. The van der Waals surface area contributed by atoms with E-state index in [9.17, 15) is 20.1 Å². The van der Waals surface area contributed by atoms with Crippen LogP contribution in [-0.4, -0.2) is 23.3 Å². The summed E-state index contributed by atoms with van der Waals surface area (Å²) in [5, 5.41) is 18.8. The molecule has 2 aliphatic rings. The molecule has 0 atom stereocenters. The van der Waals surface area contributed by atoms with Crippen LogP contribution in [0.15, 0.2) is 60.3 Å². The van der Waals surface area contributed by atoms with E-state index in [0.29, 0.717) is 16.7 Å². The number of hydrogen-bond acceptors (Lipinski definition) is 5. The van der Waals surface area contributed by atoms with Gasteiger partial charge < -0.3 is 4.90 Å². The Hall–Kier alpha value is -3.90. The Morgan fingerprint density at radius 2 is 1.61 bits per heavy atom. The summed E-state index contributed by atoms with van der Waals surface area (Å²) in [5.41, 5.74) is 3.19. The van der Waals surface area contributed by atoms with E-state index in [1.807, 2.05) is 24.3 Å². The number of carbonyl (C=O) groups is 2. The maximum absolute atomic E-state index is 12.6. The number of amides is 2. The minimum absolute atomic E-state index is 0.135. The Kier molecular flexibility index (Phi) is 5.82. The van der Waals surface area contributed by atoms with Gasteiger partial charge in [0, 0.05) is 17.5 Å². The van der Waals surface area contributed by atoms with Crippen LogP contribution in [0.1, 0.15) is 52.0 Å². The third-order valence-electron chi connectivity index (χ3n) is 5.95. The molecule has 31 heavy (non-hydrogen) atoms. The standard InChI is InChI=1S/C25H22N4O2/c26-13-14-28(17-20(15-27)19-5-1-2-6-19)21-11-9-18(10-12-21)16-29-24(30)22-7-3-4-8-23(22)25(29)31/h3-4,7-12,17,19H,1-2,5-6,14,16H2/b20-17+. The number of benzene rings is 2. The number of anilines is 1. The molecule has 2 aromatic carbocycles. The van der Waals surface area contributed by atoms with Crippen LogP contribution in [0.5, 0.6) is 0 Å². The van der Waals surface area contributed by atoms with Gasteiger partial charge in [0.2, 0.25) is 0 Å². The lowest BCUT2D eigenvalue weighted by Gasteiger charge is -2.20. The molecule has 1 fully saturated rings. The van der Waals surface area contributed by atoms with E-state index in [1.54, 1.807) is 35.4 Å². The second kappa shape index (κ2) is 8.85. The van der Waals surface area contributed by atoms with Gasteiger partial charge in [0.1, 0.15) is 6.54 Å². The van der Waals surface area contributed by atoms with Crippen molar-refractivity contribution in [1.29, 1.82) is 10.5 Å². The predicted octanol–water partition coefficient (Wildman–Crippen LogP) is 4.41. The number of carbonyl (C=O) groups excluding carboxylic acids is 2. The highest BCUT2D eigenvalue weighted by Crippen LogP contribution is 2.32. The fourth-order valence-corrected chi connectivity index (χ4v) is 4.28. The fraction of sp³-hybridized carbons (Fsp3) is 0.280. The van der Waals surface area contributed by atoms with Gasteiger partial charge in [-0.1, -0.05) is 37.1 Å². The van der Waals surface area contributed by atoms with Crippen molar-refractivity contribution in [2.45, 2.75) is 32.2 Å². The highest BCUT2D eigenvalue weighted by molar-refractivity contribution is 6.21. The van der Waals surface area contributed by atoms with Crippen LogP contribution in [0.3, 0.4) is 0 Å². The average molecular weight is 410 g/mol. The lowest BCUT2D eigenvalue weighted by Crippen LogP contribution is -2.29. The number of nitrogens with zero attached hydrogens (tertiary/aromatic N) is 4. The van der Waals surface area contributed by atoms with Gasteiger partial charge in [-0.15, -0.1) is 0 Å². The van der Waals surface area contributed by atoms with Crippen molar-refractivity contribution in [2.24, 2.45) is 5.92 Å². The molecule has 6 heteroatoms. The Labute approximate surface area is 181 Å². The molecule has 1 aliphatic carbocycles. The number of nitriles is 2. The fourth-order valence-electron chi connectivity index (χ4n) is 4.28. The van der Waals surface area contributed by atoms with Crippen molar-refractivity contribution in [3.63, 3.8) is 0 Å². The average Bonchev–Trinajstić information content (AvgIpc) is 3.41. The van der Waals surface area contributed by atoms with Crippen molar-refractivity contribution in [3.05, 3.63) is 77.0 Å². The maximum Gasteiger partial charge on any atom is 0.261 e. The van der Waals surface area contributed by atoms with Gasteiger partial charge >= 0.3 is 0 Å². The number of hydrogen-bond donors (Lipinski definition) is 0. The molecule has 4 rings (SSSR count). The van der Waals surface area contributed by atoms with Gasteiger partial charge in [0.05, 0.1) is 29.8 Å². The number of imide groups is 1. The molecule has 2 aromatic rings. The van der Waals surface area contributed by atoms with Crippen LogP contribution >= 0.6 is 0 Å². The van der Waals surface area contributed by atoms with E-state index in [0.717, 1.165) is 36.9 Å². The highest BCUT2D eigenvalue weighted by atomic mass is 16.2. The summed E-state index contributed by atoms with van der Waals surface area (Å²) in [5.74, 6) is -0.304. The third kappa shape index (κ3) is 4.06. The minimum Gasteiger partial charge on any atom is -0.333 e. The monoisotopic (exact) mass is 410 g/mol. The molecule has 0 unspecified atom stereocenters. The number of fused-ring (bicyclic) bond motifs is 1. The topological polar surface area (TPSA) is 88.2 Å². The third-order valence-corrected chi connectivity index (χ3v) is 5.95. The molecule has 154 valence electrons. The molecule has 0 saturated heterocycles. The first kappa shape index (κ1) is 20.4. The van der Waals surface area contributed by atoms with Gasteiger partial charge in [-0.2, -0.15) is 10.5 Å². The summed E-state index contributed by atoms with van der Waals surface area (Å²) in [7, 11) is 0. The van der Waals surface area contributed by atoms with Crippen molar-refractivity contribution >= 4 is 17.5 Å². The Morgan fingerprint density at radius 1 is 1.00 bits per heavy atom. The molecule has 0 N–H and O–H groups in total. The first-order valence-corrected chi connectivity index (χ1v) is 10.4. The second-order valence-corrected chi connectivity index (χ2v) is 7.87. The van der Waals surface area contributed by atoms with E-state index in [1.165, 1.54) is 4.90 Å². The van der Waals surface area contributed by atoms with Crippen LogP contribution < -0.4 is 4.90 Å². The quantitative estimate of drug-likeness (QED) is 0.400. The van der Waals surface area contributed by atoms with Crippen molar-refractivity contribution in [2.75, 3.05) is 11.4 Å². The first-order chi connectivity index (χ1) is 15.1. The molecule has 6 nitrogen and oxygen atoms in total. The van der Waals surface area contributed by atoms with Crippen LogP contribution in [0.4, 0.5) is 5.69 Å². The van der Waals surface area contributed by atoms with Gasteiger partial charge in [-0.05, 0) is 48.6 Å². The van der Waals surface area contributed by atoms with Gasteiger partial charge in [-0.3, -0.25) is 14.5 Å². The van der Waals surface area contributed by atoms with Crippen molar-refractivity contribution < 1.29 is 9.59 Å². The normalized spacial score (nSPS) is 16.2. The SMILES string of the molecule is N#CCN(/C=C(\C#N)C1CCCC1)c1ccc(CN2C(=O)c3ccccc3C2=O)cc1. The van der Waals surface area contributed by atoms with Crippen LogP contribution in [0.2, 0.25) is 0 Å². The van der Waals surface area contributed by atoms with Crippen LogP contribution in [0.25, 0.3) is 0 Å². The van der Waals surface area contributed by atoms with Gasteiger partial charge in [0.25, 0.3) is 11.8 Å². The molecule has 1 aliphatic heterocycles. The Bertz CT molecular complexity index is 1080. The molecule has 0 bridgehead atoms. The molecular formula is C25H22N4O2. The Morgan fingerprint density at radius 3 is 2.16 bits per heavy atom. The summed E-state index contributed by atoms with van der Waals surface area (Å²) in [6, 6.07) is 18.7. The number of rotatable bonds is 6. The summed E-state index contributed by atoms with van der Waals surface area (Å²) in [6.45, 7) is 0.321. The van der Waals surface area contributed by atoms with Crippen molar-refractivity contribution in [3.8, 4) is 12.1 Å². The highest BCUT2D eigenvalue weighted by Gasteiger charge is 2.34. The molecule has 1 saturated carbocycles. The molecule has 0 radical (unpaired) electrons. The molecular weight excluding hydrogens is 388 g/mol. The van der Waals surface area contributed by atoms with E-state index in [2.05, 4.69) is 12.1 Å². The van der Waals surface area contributed by atoms with Gasteiger partial charge in [-0.25, -0.2) is 0 Å². The maximum atomic E-state index is 12.6. The largest absolute Gasteiger partial charge is 0.333 e. The summed E-state index contributed by atoms with van der Waals surface area (Å²) in [4.78, 5) is 28.2. The second-order valence-electron chi connectivity index (χ2n) is 7.87. The molecule has 2 amide bonds. The summed E-state index contributed by atoms with van der Waals surface area (Å²) in [6.07, 6.45) is 6.08. The van der Waals surface area contributed by atoms with Crippen molar-refractivity contribution in [1.82, 2.24) is 4.90 Å². The lowest BCUT2D eigenvalue weighted by molar-refractivity contribution is 0.0642. The lowest BCUT2D eigenvalue weighted by atomic mass is 9.99. The zero-order valence-electron chi connectivity index (χ0n) is 17.1.